The lowest BCUT2D eigenvalue weighted by molar-refractivity contribution is 0.350. The predicted octanol–water partition coefficient (Wildman–Crippen LogP) is 4.36. The van der Waals surface area contributed by atoms with Crippen molar-refractivity contribution >= 4 is 12.2 Å². The van der Waals surface area contributed by atoms with Gasteiger partial charge in [-0.05, 0) is 37.2 Å². The molecule has 0 atom stereocenters. The smallest absolute Gasteiger partial charge is 0.199 e. The van der Waals surface area contributed by atoms with Gasteiger partial charge in [-0.15, -0.1) is 0 Å². The Hall–Kier alpha value is -1.42. The summed E-state index contributed by atoms with van der Waals surface area (Å²) >= 11 is 5.40. The molecule has 1 fully saturated rings. The van der Waals surface area contributed by atoms with Gasteiger partial charge in [0.25, 0.3) is 0 Å². The van der Waals surface area contributed by atoms with Crippen LogP contribution in [-0.2, 0) is 6.42 Å². The maximum Gasteiger partial charge on any atom is 0.199 e. The van der Waals surface area contributed by atoms with Crippen molar-refractivity contribution in [2.45, 2.75) is 45.4 Å². The van der Waals surface area contributed by atoms with Gasteiger partial charge in [-0.3, -0.25) is 9.67 Å². The quantitative estimate of drug-likeness (QED) is 0.851. The van der Waals surface area contributed by atoms with Crippen LogP contribution in [0.4, 0.5) is 0 Å². The first-order chi connectivity index (χ1) is 9.74. The molecule has 0 radical (unpaired) electrons. The van der Waals surface area contributed by atoms with Crippen molar-refractivity contribution in [2.75, 3.05) is 0 Å². The molecule has 0 bridgehead atoms. The molecule has 2 aromatic rings. The highest BCUT2D eigenvalue weighted by atomic mass is 32.1. The Balaban J connectivity index is 1.88. The molecular weight excluding hydrogens is 266 g/mol. The van der Waals surface area contributed by atoms with Gasteiger partial charge in [0.15, 0.2) is 4.77 Å². The summed E-state index contributed by atoms with van der Waals surface area (Å²) in [5.74, 6) is 1.84. The first-order valence-corrected chi connectivity index (χ1v) is 7.88. The van der Waals surface area contributed by atoms with Gasteiger partial charge in [0, 0.05) is 12.1 Å². The van der Waals surface area contributed by atoms with Crippen LogP contribution in [0.1, 0.15) is 43.5 Å². The molecule has 0 saturated heterocycles. The van der Waals surface area contributed by atoms with E-state index in [0.717, 1.165) is 23.9 Å². The summed E-state index contributed by atoms with van der Waals surface area (Å²) in [6, 6.07) is 8.47. The highest BCUT2D eigenvalue weighted by Gasteiger charge is 2.18. The van der Waals surface area contributed by atoms with E-state index in [1.165, 1.54) is 37.7 Å². The fourth-order valence-corrected chi connectivity index (χ4v) is 3.33. The predicted molar refractivity (Wildman–Crippen MR) is 83.8 cm³/mol. The van der Waals surface area contributed by atoms with Crippen LogP contribution in [-0.4, -0.2) is 14.8 Å². The Morgan fingerprint density at radius 1 is 1.20 bits per heavy atom. The second-order valence-corrected chi connectivity index (χ2v) is 6.21. The third-order valence-electron chi connectivity index (χ3n) is 4.23. The van der Waals surface area contributed by atoms with Gasteiger partial charge in [-0.2, -0.15) is 5.10 Å². The minimum absolute atomic E-state index is 0.694. The van der Waals surface area contributed by atoms with E-state index in [0.29, 0.717) is 4.77 Å². The molecule has 1 aromatic heterocycles. The van der Waals surface area contributed by atoms with Crippen LogP contribution < -0.4 is 0 Å². The molecule has 0 amide bonds. The average molecular weight is 287 g/mol. The molecule has 0 unspecified atom stereocenters. The summed E-state index contributed by atoms with van der Waals surface area (Å²) in [7, 11) is 0. The minimum Gasteiger partial charge on any atom is -0.272 e. The van der Waals surface area contributed by atoms with Crippen LogP contribution in [0.25, 0.3) is 5.69 Å². The van der Waals surface area contributed by atoms with Crippen molar-refractivity contribution in [1.29, 1.82) is 0 Å². The zero-order chi connectivity index (χ0) is 13.9. The minimum atomic E-state index is 0.694. The fraction of sp³-hybridized carbons (Fsp3) is 0.500. The highest BCUT2D eigenvalue weighted by molar-refractivity contribution is 7.71. The topological polar surface area (TPSA) is 33.6 Å². The summed E-state index contributed by atoms with van der Waals surface area (Å²) in [6.45, 7) is 2.10. The summed E-state index contributed by atoms with van der Waals surface area (Å²) < 4.78 is 2.78. The molecule has 106 valence electrons. The van der Waals surface area contributed by atoms with E-state index in [-0.39, 0.29) is 0 Å². The third kappa shape index (κ3) is 2.85. The molecule has 0 spiro atoms. The number of aromatic nitrogens is 3. The monoisotopic (exact) mass is 287 g/mol. The lowest BCUT2D eigenvalue weighted by Crippen LogP contribution is -2.13. The normalized spacial score (nSPS) is 16.4. The van der Waals surface area contributed by atoms with Crippen molar-refractivity contribution in [2.24, 2.45) is 5.92 Å². The van der Waals surface area contributed by atoms with Gasteiger partial charge < -0.3 is 0 Å². The average Bonchev–Trinajstić information content (AvgIpc) is 2.82. The van der Waals surface area contributed by atoms with E-state index in [1.54, 1.807) is 0 Å². The number of aromatic amines is 1. The van der Waals surface area contributed by atoms with Crippen LogP contribution in [0.5, 0.6) is 0 Å². The van der Waals surface area contributed by atoms with Crippen LogP contribution in [0.15, 0.2) is 24.3 Å². The number of nitrogens with zero attached hydrogens (tertiary/aromatic N) is 2. The summed E-state index contributed by atoms with van der Waals surface area (Å²) in [5, 5.41) is 7.41. The standard InChI is InChI=1S/C16H21N3S/c1-12-7-9-14(10-8-12)19-15(17-18-16(19)20)11-13-5-3-2-4-6-13/h7-10,13H,2-6,11H2,1H3,(H,18,20). The first-order valence-electron chi connectivity index (χ1n) is 7.47. The van der Waals surface area contributed by atoms with Crippen molar-refractivity contribution in [3.05, 3.63) is 40.4 Å². The van der Waals surface area contributed by atoms with Crippen molar-refractivity contribution in [3.63, 3.8) is 0 Å². The van der Waals surface area contributed by atoms with E-state index in [4.69, 9.17) is 12.2 Å². The molecule has 1 aliphatic carbocycles. The fourth-order valence-electron chi connectivity index (χ4n) is 3.08. The third-order valence-corrected chi connectivity index (χ3v) is 4.50. The molecule has 1 aromatic carbocycles. The number of nitrogens with one attached hydrogen (secondary N) is 1. The molecule has 3 rings (SSSR count). The highest BCUT2D eigenvalue weighted by Crippen LogP contribution is 2.27. The van der Waals surface area contributed by atoms with Gasteiger partial charge in [0.1, 0.15) is 5.82 Å². The second-order valence-electron chi connectivity index (χ2n) is 5.82. The lowest BCUT2D eigenvalue weighted by Gasteiger charge is -2.21. The zero-order valence-corrected chi connectivity index (χ0v) is 12.7. The van der Waals surface area contributed by atoms with E-state index in [1.807, 2.05) is 0 Å². The van der Waals surface area contributed by atoms with Crippen molar-refractivity contribution in [1.82, 2.24) is 14.8 Å². The molecule has 1 aliphatic rings. The Labute approximate surface area is 125 Å². The Bertz CT molecular complexity index is 618. The molecule has 1 saturated carbocycles. The van der Waals surface area contributed by atoms with Crippen molar-refractivity contribution in [3.8, 4) is 5.69 Å². The number of hydrogen-bond donors (Lipinski definition) is 1. The van der Waals surface area contributed by atoms with Gasteiger partial charge in [0.2, 0.25) is 0 Å². The molecule has 1 N–H and O–H groups in total. The number of H-pyrrole nitrogens is 1. The largest absolute Gasteiger partial charge is 0.272 e. The Morgan fingerprint density at radius 3 is 2.60 bits per heavy atom. The number of hydrogen-bond acceptors (Lipinski definition) is 2. The maximum absolute atomic E-state index is 5.40. The second kappa shape index (κ2) is 5.92. The van der Waals surface area contributed by atoms with Crippen molar-refractivity contribution < 1.29 is 0 Å². The number of rotatable bonds is 3. The van der Waals surface area contributed by atoms with Crippen LogP contribution in [0.2, 0.25) is 0 Å². The lowest BCUT2D eigenvalue weighted by atomic mass is 9.87. The van der Waals surface area contributed by atoms with Crippen LogP contribution in [0, 0.1) is 17.6 Å². The van der Waals surface area contributed by atoms with E-state index < -0.39 is 0 Å². The summed E-state index contributed by atoms with van der Waals surface area (Å²) in [6.07, 6.45) is 7.80. The van der Waals surface area contributed by atoms with Gasteiger partial charge in [-0.1, -0.05) is 49.8 Å². The van der Waals surface area contributed by atoms with Gasteiger partial charge in [-0.25, -0.2) is 0 Å². The van der Waals surface area contributed by atoms with E-state index >= 15 is 0 Å². The van der Waals surface area contributed by atoms with Crippen LogP contribution >= 0.6 is 12.2 Å². The first kappa shape index (κ1) is 13.6. The summed E-state index contributed by atoms with van der Waals surface area (Å²) in [4.78, 5) is 0. The van der Waals surface area contributed by atoms with Crippen LogP contribution in [0.3, 0.4) is 0 Å². The number of benzene rings is 1. The van der Waals surface area contributed by atoms with E-state index in [2.05, 4.69) is 46.0 Å². The number of aryl methyl sites for hydroxylation is 1. The Kier molecular flexibility index (Phi) is 4.01. The summed E-state index contributed by atoms with van der Waals surface area (Å²) in [5.41, 5.74) is 2.37. The molecule has 20 heavy (non-hydrogen) atoms. The molecule has 1 heterocycles. The molecule has 3 nitrogen and oxygen atoms in total. The molecule has 0 aliphatic heterocycles. The van der Waals surface area contributed by atoms with E-state index in [9.17, 15) is 0 Å². The molecule has 4 heteroatoms. The van der Waals surface area contributed by atoms with Gasteiger partial charge in [0.05, 0.1) is 0 Å². The van der Waals surface area contributed by atoms with Gasteiger partial charge >= 0.3 is 0 Å². The SMILES string of the molecule is Cc1ccc(-n2c(CC3CCCCC3)n[nH]c2=S)cc1. The Morgan fingerprint density at radius 2 is 1.90 bits per heavy atom. The zero-order valence-electron chi connectivity index (χ0n) is 11.9. The molecular formula is C16H21N3S. The maximum atomic E-state index is 5.40.